The third-order valence-electron chi connectivity index (χ3n) is 5.93. The largest absolute Gasteiger partial charge is 0.490 e. The van der Waals surface area contributed by atoms with Gasteiger partial charge in [0.25, 0.3) is 5.91 Å². The Bertz CT molecular complexity index is 1510. The number of carbonyl (C=O) groups excluding carboxylic acids is 2. The molecular weight excluding hydrogens is 607 g/mol. The van der Waals surface area contributed by atoms with Crippen molar-refractivity contribution in [1.29, 1.82) is 0 Å². The summed E-state index contributed by atoms with van der Waals surface area (Å²) in [6.45, 7) is 6.79. The zero-order chi connectivity index (χ0) is 32.3. The third kappa shape index (κ3) is 8.92. The van der Waals surface area contributed by atoms with Gasteiger partial charge < -0.3 is 25.2 Å². The number of aryl methyl sites for hydroxylation is 1. The van der Waals surface area contributed by atoms with Crippen LogP contribution in [0.5, 0.6) is 5.75 Å². The molecule has 3 aromatic rings. The first kappa shape index (κ1) is 33.4. The highest BCUT2D eigenvalue weighted by atomic mass is 35.5. The van der Waals surface area contributed by atoms with Gasteiger partial charge in [0.2, 0.25) is 0 Å². The number of carboxylic acid groups (broad SMARTS) is 1. The molecule has 10 nitrogen and oxygen atoms in total. The van der Waals surface area contributed by atoms with Gasteiger partial charge in [-0.1, -0.05) is 17.7 Å². The highest BCUT2D eigenvalue weighted by Gasteiger charge is 2.45. The van der Waals surface area contributed by atoms with E-state index >= 15 is 0 Å². The molecule has 2 amide bonds. The number of hydrogen-bond donors (Lipinski definition) is 3. The molecule has 1 aromatic carbocycles. The molecule has 0 saturated heterocycles. The van der Waals surface area contributed by atoms with Crippen molar-refractivity contribution in [2.24, 2.45) is 0 Å². The van der Waals surface area contributed by atoms with Crippen LogP contribution < -0.4 is 15.4 Å². The second kappa shape index (κ2) is 12.6. The summed E-state index contributed by atoms with van der Waals surface area (Å²) in [5.74, 6) is -4.49. The second-order valence-electron chi connectivity index (χ2n) is 10.6. The van der Waals surface area contributed by atoms with Crippen molar-refractivity contribution in [2.45, 2.75) is 64.5 Å². The molecule has 0 bridgehead atoms. The molecule has 3 N–H and O–H groups in total. The summed E-state index contributed by atoms with van der Waals surface area (Å²) in [4.78, 5) is 38.6. The Kier molecular flexibility index (Phi) is 9.79. The van der Waals surface area contributed by atoms with E-state index in [1.165, 1.54) is 22.7 Å². The summed E-state index contributed by atoms with van der Waals surface area (Å²) in [5.41, 5.74) is -0.531. The smallest absolute Gasteiger partial charge is 0.485 e. The molecule has 2 aromatic heterocycles. The molecule has 0 unspecified atom stereocenters. The number of nitrogens with one attached hydrogen (secondary N) is 2. The predicted octanol–water partition coefficient (Wildman–Crippen LogP) is 5.57. The Morgan fingerprint density at radius 2 is 1.72 bits per heavy atom. The predicted molar refractivity (Wildman–Crippen MR) is 143 cm³/mol. The summed E-state index contributed by atoms with van der Waals surface area (Å²) in [6, 6.07) is 5.01. The highest BCUT2D eigenvalue weighted by molar-refractivity contribution is 6.30. The van der Waals surface area contributed by atoms with Crippen molar-refractivity contribution in [1.82, 2.24) is 20.0 Å². The molecule has 0 radical (unpaired) electrons. The summed E-state index contributed by atoms with van der Waals surface area (Å²) < 4.78 is 72.2. The van der Waals surface area contributed by atoms with E-state index in [1.54, 1.807) is 27.7 Å². The lowest BCUT2D eigenvalue weighted by Crippen LogP contribution is -2.47. The van der Waals surface area contributed by atoms with Crippen molar-refractivity contribution in [3.05, 3.63) is 64.1 Å². The summed E-state index contributed by atoms with van der Waals surface area (Å²) in [5, 5.41) is 13.0. The van der Waals surface area contributed by atoms with E-state index in [1.807, 2.05) is 0 Å². The number of imidazole rings is 1. The van der Waals surface area contributed by atoms with E-state index in [9.17, 15) is 31.5 Å². The van der Waals surface area contributed by atoms with Crippen LogP contribution in [0, 0.1) is 18.6 Å². The lowest BCUT2D eigenvalue weighted by atomic mass is 10.2. The van der Waals surface area contributed by atoms with Crippen LogP contribution in [0.25, 0.3) is 5.65 Å². The topological polar surface area (TPSA) is 131 Å². The fourth-order valence-electron chi connectivity index (χ4n) is 3.75. The van der Waals surface area contributed by atoms with Crippen LogP contribution in [-0.2, 0) is 16.1 Å². The number of ether oxygens (including phenoxy) is 2. The Morgan fingerprint density at radius 1 is 1.14 bits per heavy atom. The quantitative estimate of drug-likeness (QED) is 0.290. The van der Waals surface area contributed by atoms with Crippen LogP contribution in [0.15, 0.2) is 30.5 Å². The molecule has 0 spiro atoms. The number of fused-ring (bicyclic) bond motifs is 1. The molecule has 1 aliphatic rings. The number of hydrogen-bond acceptors (Lipinski definition) is 6. The molecule has 2 heterocycles. The van der Waals surface area contributed by atoms with Crippen molar-refractivity contribution in [2.75, 3.05) is 6.54 Å². The normalized spacial score (nSPS) is 13.9. The van der Waals surface area contributed by atoms with Gasteiger partial charge in [-0.3, -0.25) is 9.20 Å². The van der Waals surface area contributed by atoms with E-state index in [-0.39, 0.29) is 40.8 Å². The Hall–Kier alpha value is -4.14. The van der Waals surface area contributed by atoms with E-state index in [4.69, 9.17) is 31.0 Å². The molecule has 1 saturated carbocycles. The number of aliphatic carboxylic acids is 1. The maximum Gasteiger partial charge on any atom is 0.490 e. The molecule has 234 valence electrons. The molecule has 0 atom stereocenters. The maximum atomic E-state index is 14.0. The van der Waals surface area contributed by atoms with E-state index in [2.05, 4.69) is 15.6 Å². The van der Waals surface area contributed by atoms with Crippen molar-refractivity contribution in [3.8, 4) is 5.75 Å². The summed E-state index contributed by atoms with van der Waals surface area (Å²) in [7, 11) is 0. The average Bonchev–Trinajstić information content (AvgIpc) is 3.53. The Morgan fingerprint density at radius 3 is 2.23 bits per heavy atom. The van der Waals surface area contributed by atoms with Crippen molar-refractivity contribution in [3.63, 3.8) is 0 Å². The van der Waals surface area contributed by atoms with Gasteiger partial charge in [-0.2, -0.15) is 13.2 Å². The molecule has 0 aliphatic heterocycles. The number of halogens is 6. The lowest BCUT2D eigenvalue weighted by Gasteiger charge is -2.23. The number of amides is 2. The van der Waals surface area contributed by atoms with Gasteiger partial charge in [0.15, 0.2) is 11.4 Å². The van der Waals surface area contributed by atoms with Crippen LogP contribution >= 0.6 is 11.6 Å². The van der Waals surface area contributed by atoms with Crippen molar-refractivity contribution >= 4 is 35.2 Å². The fourth-order valence-corrected chi connectivity index (χ4v) is 3.94. The van der Waals surface area contributed by atoms with Gasteiger partial charge in [-0.25, -0.2) is 23.4 Å². The summed E-state index contributed by atoms with van der Waals surface area (Å²) >= 11 is 6.25. The first-order valence-electron chi connectivity index (χ1n) is 12.7. The maximum absolute atomic E-state index is 14.0. The number of benzene rings is 1. The Labute approximate surface area is 247 Å². The van der Waals surface area contributed by atoms with Gasteiger partial charge in [0.05, 0.1) is 21.8 Å². The monoisotopic (exact) mass is 634 g/mol. The van der Waals surface area contributed by atoms with Crippen LogP contribution in [-0.4, -0.2) is 56.3 Å². The number of aromatic nitrogens is 2. The van der Waals surface area contributed by atoms with E-state index < -0.39 is 46.9 Å². The minimum Gasteiger partial charge on any atom is -0.485 e. The average molecular weight is 635 g/mol. The lowest BCUT2D eigenvalue weighted by molar-refractivity contribution is -0.192. The fraction of sp³-hybridized carbons (Fsp3) is 0.407. The van der Waals surface area contributed by atoms with Crippen LogP contribution in [0.2, 0.25) is 5.02 Å². The minimum absolute atomic E-state index is 0.164. The van der Waals surface area contributed by atoms with E-state index in [0.717, 1.165) is 12.1 Å². The SMILES string of the molecule is Cc1nc2c(OCc3c(F)cccc3F)cc(Cl)cn2c1C(=O)NCC1(NC(=O)OC(C)(C)C)CC1.O=C(O)C(F)(F)F. The van der Waals surface area contributed by atoms with Crippen LogP contribution in [0.1, 0.15) is 55.4 Å². The number of rotatable bonds is 7. The molecule has 43 heavy (non-hydrogen) atoms. The van der Waals surface area contributed by atoms with Crippen LogP contribution in [0.4, 0.5) is 26.7 Å². The minimum atomic E-state index is -5.08. The number of pyridine rings is 1. The number of alkyl halides is 3. The van der Waals surface area contributed by atoms with E-state index in [0.29, 0.717) is 18.5 Å². The first-order valence-corrected chi connectivity index (χ1v) is 13.0. The molecular formula is C27H28ClF5N4O6. The first-order chi connectivity index (χ1) is 19.8. The molecule has 1 fully saturated rings. The Balaban J connectivity index is 0.000000646. The van der Waals surface area contributed by atoms with Gasteiger partial charge in [-0.05, 0) is 52.7 Å². The highest BCUT2D eigenvalue weighted by Crippen LogP contribution is 2.35. The van der Waals surface area contributed by atoms with Gasteiger partial charge in [-0.15, -0.1) is 0 Å². The summed E-state index contributed by atoms with van der Waals surface area (Å²) in [6.07, 6.45) is -2.71. The third-order valence-corrected chi connectivity index (χ3v) is 6.13. The van der Waals surface area contributed by atoms with Crippen LogP contribution in [0.3, 0.4) is 0 Å². The number of alkyl carbamates (subject to hydrolysis) is 1. The standard InChI is InChI=1S/C25H27ClF2N4O4.C2HF3O2/c1-14-20(22(33)29-13-25(8-9-25)31-23(34)36-24(2,3)4)32-11-15(26)10-19(21(32)30-14)35-12-16-17(27)6-5-7-18(16)28;3-2(4,5)1(6)7/h5-7,10-11H,8-9,12-13H2,1-4H3,(H,29,33)(H,31,34);(H,6,7). The van der Waals surface area contributed by atoms with Gasteiger partial charge in [0.1, 0.15) is 29.5 Å². The second-order valence-corrected chi connectivity index (χ2v) is 11.1. The number of carboxylic acids is 1. The molecule has 1 aliphatic carbocycles. The van der Waals surface area contributed by atoms with Gasteiger partial charge in [0, 0.05) is 18.8 Å². The van der Waals surface area contributed by atoms with Crippen molar-refractivity contribution < 1.29 is 50.9 Å². The number of carbonyl (C=O) groups is 3. The zero-order valence-electron chi connectivity index (χ0n) is 23.4. The molecule has 16 heteroatoms. The molecule has 4 rings (SSSR count). The van der Waals surface area contributed by atoms with Gasteiger partial charge >= 0.3 is 18.2 Å². The number of nitrogens with zero attached hydrogens (tertiary/aromatic N) is 2. The zero-order valence-corrected chi connectivity index (χ0v) is 24.1.